The van der Waals surface area contributed by atoms with Gasteiger partial charge in [-0.3, -0.25) is 9.20 Å². The number of carbonyl (C=O) groups excluding carboxylic acids is 1. The van der Waals surface area contributed by atoms with Gasteiger partial charge in [-0.25, -0.2) is 18.7 Å². The molecule has 0 saturated heterocycles. The minimum Gasteiger partial charge on any atom is -0.491 e. The molecule has 9 heteroatoms. The van der Waals surface area contributed by atoms with Gasteiger partial charge in [-0.05, 0) is 32.0 Å². The third kappa shape index (κ3) is 3.67. The number of amides is 1. The molecule has 1 amide bonds. The van der Waals surface area contributed by atoms with Crippen LogP contribution in [0, 0.1) is 17.7 Å². The summed E-state index contributed by atoms with van der Waals surface area (Å²) in [6.45, 7) is 2.98. The number of nitrogen functional groups attached to an aromatic ring is 1. The van der Waals surface area contributed by atoms with Crippen LogP contribution in [0.4, 0.5) is 14.6 Å². The van der Waals surface area contributed by atoms with Crippen molar-refractivity contribution in [2.24, 2.45) is 0 Å². The fourth-order valence-corrected chi connectivity index (χ4v) is 4.00. The molecule has 172 valence electrons. The summed E-state index contributed by atoms with van der Waals surface area (Å²) in [5, 5.41) is 0. The van der Waals surface area contributed by atoms with E-state index in [-0.39, 0.29) is 18.0 Å². The maximum absolute atomic E-state index is 15.0. The summed E-state index contributed by atoms with van der Waals surface area (Å²) < 4.78 is 36.1. The number of carbonyl (C=O) groups is 1. The number of benzene rings is 2. The first kappa shape index (κ1) is 21.6. The number of ether oxygens (including phenoxy) is 1. The fourth-order valence-electron chi connectivity index (χ4n) is 4.00. The lowest BCUT2D eigenvalue weighted by Crippen LogP contribution is -2.32. The van der Waals surface area contributed by atoms with Gasteiger partial charge in [0.05, 0.1) is 35.2 Å². The molecule has 5 rings (SSSR count). The summed E-state index contributed by atoms with van der Waals surface area (Å²) in [6.07, 6.45) is 3.09. The summed E-state index contributed by atoms with van der Waals surface area (Å²) in [7, 11) is 1.60. The van der Waals surface area contributed by atoms with Gasteiger partial charge in [0.25, 0.3) is 5.91 Å². The molecule has 0 unspecified atom stereocenters. The average Bonchev–Trinajstić information content (AvgIpc) is 3.43. The number of likely N-dealkylation sites (N-methyl/N-ethyl adjacent to an activating group) is 1. The van der Waals surface area contributed by atoms with Gasteiger partial charge in [0.15, 0.2) is 5.67 Å². The van der Waals surface area contributed by atoms with E-state index in [0.717, 1.165) is 5.56 Å². The van der Waals surface area contributed by atoms with Gasteiger partial charge in [0.1, 0.15) is 29.5 Å². The molecule has 2 N–H and O–H groups in total. The molecule has 4 aromatic rings. The molecule has 34 heavy (non-hydrogen) atoms. The number of nitrogens with zero attached hydrogens (tertiary/aromatic N) is 4. The van der Waals surface area contributed by atoms with Crippen LogP contribution in [0.5, 0.6) is 5.75 Å². The molecular formula is C25H21F2N5O2. The first-order chi connectivity index (χ1) is 16.1. The fraction of sp³-hybridized carbons (Fsp3) is 0.240. The minimum atomic E-state index is -1.61. The monoisotopic (exact) mass is 461 g/mol. The zero-order chi connectivity index (χ0) is 24.2. The number of aromatic nitrogens is 3. The summed E-state index contributed by atoms with van der Waals surface area (Å²) in [5.74, 6) is 4.91. The quantitative estimate of drug-likeness (QED) is 0.458. The maximum Gasteiger partial charge on any atom is 0.257 e. The third-order valence-corrected chi connectivity index (χ3v) is 5.76. The van der Waals surface area contributed by atoms with Gasteiger partial charge in [-0.2, -0.15) is 0 Å². The topological polar surface area (TPSA) is 85.8 Å². The molecule has 0 bridgehead atoms. The molecule has 0 saturated carbocycles. The van der Waals surface area contributed by atoms with Crippen LogP contribution in [0.2, 0.25) is 0 Å². The van der Waals surface area contributed by atoms with E-state index in [9.17, 15) is 13.6 Å². The number of imidazole rings is 1. The largest absolute Gasteiger partial charge is 0.491 e. The van der Waals surface area contributed by atoms with Crippen molar-refractivity contribution in [3.63, 3.8) is 0 Å². The van der Waals surface area contributed by atoms with E-state index in [4.69, 9.17) is 10.5 Å². The highest BCUT2D eigenvalue weighted by molar-refractivity contribution is 5.98. The van der Waals surface area contributed by atoms with Gasteiger partial charge in [0, 0.05) is 24.2 Å². The molecule has 2 aromatic carbocycles. The molecule has 2 aromatic heterocycles. The van der Waals surface area contributed by atoms with Crippen molar-refractivity contribution in [2.45, 2.75) is 25.6 Å². The standard InChI is InChI=1S/C25H21F2N5O2/c1-25(2,27)7-6-14-4-5-15-21(12-34-22(15)8-14)31(3)24(33)16-9-19-18(10-17(16)26)30-23(28)20-11-29-13-32(19)20/h4-5,8-11,13,21H,12H2,1-3H3,(H2,28,30)/t21-/m1/s1. The van der Waals surface area contributed by atoms with Crippen LogP contribution in [0.3, 0.4) is 0 Å². The number of anilines is 1. The lowest BCUT2D eigenvalue weighted by atomic mass is 10.0. The van der Waals surface area contributed by atoms with Crippen molar-refractivity contribution in [1.29, 1.82) is 0 Å². The Morgan fingerprint density at radius 1 is 1.29 bits per heavy atom. The Morgan fingerprint density at radius 2 is 2.09 bits per heavy atom. The third-order valence-electron chi connectivity index (χ3n) is 5.76. The number of alkyl halides is 1. The van der Waals surface area contributed by atoms with E-state index in [1.165, 1.54) is 37.2 Å². The van der Waals surface area contributed by atoms with E-state index in [2.05, 4.69) is 21.8 Å². The van der Waals surface area contributed by atoms with E-state index in [1.807, 2.05) is 0 Å². The summed E-state index contributed by atoms with van der Waals surface area (Å²) in [5.41, 5.74) is 7.01. The van der Waals surface area contributed by atoms with Crippen molar-refractivity contribution in [3.8, 4) is 17.6 Å². The zero-order valence-electron chi connectivity index (χ0n) is 18.8. The molecule has 0 fully saturated rings. The van der Waals surface area contributed by atoms with Gasteiger partial charge in [0.2, 0.25) is 0 Å². The molecule has 0 spiro atoms. The Labute approximate surface area is 194 Å². The van der Waals surface area contributed by atoms with E-state index in [0.29, 0.717) is 27.9 Å². The van der Waals surface area contributed by atoms with E-state index >= 15 is 0 Å². The van der Waals surface area contributed by atoms with Crippen molar-refractivity contribution < 1.29 is 18.3 Å². The minimum absolute atomic E-state index is 0.0994. The van der Waals surface area contributed by atoms with E-state index < -0.39 is 23.4 Å². The van der Waals surface area contributed by atoms with Crippen LogP contribution in [0.25, 0.3) is 16.6 Å². The SMILES string of the molecule is CN(C(=O)c1cc2c(cc1F)nc(N)c1cncn12)[C@@H]1COc2cc(C#CC(C)(C)F)ccc21. The Morgan fingerprint density at radius 3 is 2.85 bits per heavy atom. The van der Waals surface area contributed by atoms with Gasteiger partial charge >= 0.3 is 0 Å². The van der Waals surface area contributed by atoms with Crippen molar-refractivity contribution in [3.05, 3.63) is 65.4 Å². The zero-order valence-corrected chi connectivity index (χ0v) is 18.8. The highest BCUT2D eigenvalue weighted by atomic mass is 19.1. The van der Waals surface area contributed by atoms with E-state index in [1.54, 1.807) is 35.8 Å². The Bertz CT molecular complexity index is 1530. The predicted octanol–water partition coefficient (Wildman–Crippen LogP) is 3.91. The summed E-state index contributed by atoms with van der Waals surface area (Å²) in [4.78, 5) is 23.1. The lowest BCUT2D eigenvalue weighted by molar-refractivity contribution is 0.0704. The van der Waals surface area contributed by atoms with Gasteiger partial charge in [-0.15, -0.1) is 0 Å². The molecule has 0 radical (unpaired) electrons. The summed E-state index contributed by atoms with van der Waals surface area (Å²) >= 11 is 0. The second-order valence-corrected chi connectivity index (χ2v) is 8.68. The first-order valence-corrected chi connectivity index (χ1v) is 10.6. The number of rotatable bonds is 2. The van der Waals surface area contributed by atoms with Crippen molar-refractivity contribution >= 4 is 28.3 Å². The smallest absolute Gasteiger partial charge is 0.257 e. The van der Waals surface area contributed by atoms with Crippen LogP contribution in [-0.2, 0) is 0 Å². The van der Waals surface area contributed by atoms with Gasteiger partial charge in [-0.1, -0.05) is 17.9 Å². The highest BCUT2D eigenvalue weighted by Crippen LogP contribution is 2.37. The number of nitrogens with two attached hydrogens (primary N) is 1. The number of hydrogen-bond donors (Lipinski definition) is 1. The molecule has 1 aliphatic rings. The molecule has 7 nitrogen and oxygen atoms in total. The van der Waals surface area contributed by atoms with Crippen LogP contribution in [0.15, 0.2) is 42.9 Å². The second kappa shape index (κ2) is 7.70. The number of fused-ring (bicyclic) bond motifs is 4. The Balaban J connectivity index is 1.48. The Kier molecular flexibility index (Phi) is 4.90. The highest BCUT2D eigenvalue weighted by Gasteiger charge is 2.32. The second-order valence-electron chi connectivity index (χ2n) is 8.68. The summed E-state index contributed by atoms with van der Waals surface area (Å²) in [6, 6.07) is 7.50. The molecule has 0 aliphatic carbocycles. The van der Waals surface area contributed by atoms with Crippen LogP contribution in [0.1, 0.15) is 41.4 Å². The van der Waals surface area contributed by atoms with Crippen LogP contribution < -0.4 is 10.5 Å². The average molecular weight is 461 g/mol. The van der Waals surface area contributed by atoms with Crippen LogP contribution in [-0.4, -0.2) is 44.5 Å². The predicted molar refractivity (Wildman–Crippen MR) is 124 cm³/mol. The molecule has 1 aliphatic heterocycles. The maximum atomic E-state index is 15.0. The Hall–Kier alpha value is -4.19. The molecule has 1 atom stereocenters. The first-order valence-electron chi connectivity index (χ1n) is 10.6. The number of hydrogen-bond acceptors (Lipinski definition) is 5. The number of halogens is 2. The van der Waals surface area contributed by atoms with Gasteiger partial charge < -0.3 is 15.4 Å². The van der Waals surface area contributed by atoms with Crippen LogP contribution >= 0.6 is 0 Å². The van der Waals surface area contributed by atoms with Crippen molar-refractivity contribution in [1.82, 2.24) is 19.3 Å². The molecule has 3 heterocycles. The lowest BCUT2D eigenvalue weighted by Gasteiger charge is -2.24. The normalized spacial score (nSPS) is 15.0. The molecular weight excluding hydrogens is 440 g/mol. The van der Waals surface area contributed by atoms with Crippen molar-refractivity contribution in [2.75, 3.05) is 19.4 Å².